The number of aromatic nitrogens is 2. The van der Waals surface area contributed by atoms with E-state index < -0.39 is 0 Å². The Morgan fingerprint density at radius 3 is 2.93 bits per heavy atom. The molecule has 1 N–H and O–H groups in total. The number of hydrogen-bond donors (Lipinski definition) is 1. The lowest BCUT2D eigenvalue weighted by atomic mass is 10.2. The molecule has 0 aliphatic carbocycles. The second-order valence-electron chi connectivity index (χ2n) is 6.14. The molecule has 0 atom stereocenters. The Hall–Kier alpha value is -2.80. The van der Waals surface area contributed by atoms with E-state index in [1.165, 1.54) is 22.2 Å². The normalized spacial score (nSPS) is 10.7. The van der Waals surface area contributed by atoms with E-state index in [4.69, 9.17) is 4.74 Å². The molecule has 6 nitrogen and oxygen atoms in total. The first-order valence-electron chi connectivity index (χ1n) is 8.51. The van der Waals surface area contributed by atoms with Gasteiger partial charge in [0.2, 0.25) is 5.91 Å². The van der Waals surface area contributed by atoms with Crippen molar-refractivity contribution in [3.05, 3.63) is 75.8 Å². The number of hydrogen-bond acceptors (Lipinski definition) is 5. The van der Waals surface area contributed by atoms with Crippen molar-refractivity contribution in [1.29, 1.82) is 0 Å². The molecule has 0 fully saturated rings. The van der Waals surface area contributed by atoms with E-state index in [-0.39, 0.29) is 11.5 Å². The second-order valence-corrected chi connectivity index (χ2v) is 7.13. The van der Waals surface area contributed by atoms with Gasteiger partial charge in [-0.3, -0.25) is 14.0 Å². The molecule has 7 heteroatoms. The minimum atomic E-state index is -0.109. The average Bonchev–Trinajstić information content (AvgIpc) is 2.67. The quantitative estimate of drug-likeness (QED) is 0.679. The van der Waals surface area contributed by atoms with E-state index in [1.807, 2.05) is 43.3 Å². The van der Waals surface area contributed by atoms with Crippen LogP contribution in [-0.4, -0.2) is 28.2 Å². The van der Waals surface area contributed by atoms with Crippen LogP contribution in [0.5, 0.6) is 5.75 Å². The highest BCUT2D eigenvalue weighted by atomic mass is 32.2. The Bertz CT molecular complexity index is 1020. The summed E-state index contributed by atoms with van der Waals surface area (Å²) in [4.78, 5) is 28.7. The number of ether oxygens (including phenoxy) is 1. The van der Waals surface area contributed by atoms with Crippen LogP contribution in [0.3, 0.4) is 0 Å². The van der Waals surface area contributed by atoms with Crippen LogP contribution in [0.25, 0.3) is 5.65 Å². The number of pyridine rings is 1. The highest BCUT2D eigenvalue weighted by Gasteiger charge is 2.06. The van der Waals surface area contributed by atoms with Gasteiger partial charge < -0.3 is 10.1 Å². The van der Waals surface area contributed by atoms with Crippen LogP contribution in [0, 0.1) is 6.92 Å². The molecule has 27 heavy (non-hydrogen) atoms. The smallest absolute Gasteiger partial charge is 0.258 e. The number of rotatable bonds is 7. The van der Waals surface area contributed by atoms with E-state index in [2.05, 4.69) is 10.3 Å². The molecule has 0 aliphatic rings. The van der Waals surface area contributed by atoms with E-state index in [1.54, 1.807) is 13.3 Å². The molecule has 0 saturated carbocycles. The zero-order valence-corrected chi connectivity index (χ0v) is 16.1. The lowest BCUT2D eigenvalue weighted by Crippen LogP contribution is -2.24. The van der Waals surface area contributed by atoms with Crippen molar-refractivity contribution in [2.45, 2.75) is 19.2 Å². The maximum atomic E-state index is 12.2. The number of benzene rings is 1. The zero-order chi connectivity index (χ0) is 19.2. The Morgan fingerprint density at radius 1 is 1.26 bits per heavy atom. The van der Waals surface area contributed by atoms with Gasteiger partial charge in [0.25, 0.3) is 5.56 Å². The average molecular weight is 383 g/mol. The van der Waals surface area contributed by atoms with Crippen LogP contribution in [0.1, 0.15) is 16.8 Å². The molecular formula is C20H21N3O3S. The summed E-state index contributed by atoms with van der Waals surface area (Å²) in [6, 6.07) is 12.8. The number of nitrogens with zero attached hydrogens (tertiary/aromatic N) is 2. The number of thioether (sulfide) groups is 1. The van der Waals surface area contributed by atoms with Gasteiger partial charge >= 0.3 is 0 Å². The summed E-state index contributed by atoms with van der Waals surface area (Å²) < 4.78 is 6.70. The highest BCUT2D eigenvalue weighted by molar-refractivity contribution is 7.99. The van der Waals surface area contributed by atoms with Crippen molar-refractivity contribution in [2.24, 2.45) is 0 Å². The van der Waals surface area contributed by atoms with Crippen LogP contribution in [-0.2, 0) is 17.1 Å². The van der Waals surface area contributed by atoms with Crippen LogP contribution in [0.15, 0.2) is 53.5 Å². The van der Waals surface area contributed by atoms with Gasteiger partial charge in [0.15, 0.2) is 0 Å². The van der Waals surface area contributed by atoms with Gasteiger partial charge in [-0.1, -0.05) is 18.2 Å². The van der Waals surface area contributed by atoms with Crippen molar-refractivity contribution in [3.63, 3.8) is 0 Å². The van der Waals surface area contributed by atoms with Gasteiger partial charge in [0.1, 0.15) is 11.4 Å². The molecule has 0 bridgehead atoms. The van der Waals surface area contributed by atoms with Crippen molar-refractivity contribution in [3.8, 4) is 5.75 Å². The molecule has 0 spiro atoms. The predicted octanol–water partition coefficient (Wildman–Crippen LogP) is 2.56. The molecular weight excluding hydrogens is 362 g/mol. The highest BCUT2D eigenvalue weighted by Crippen LogP contribution is 2.13. The largest absolute Gasteiger partial charge is 0.497 e. The van der Waals surface area contributed by atoms with Crippen LogP contribution >= 0.6 is 11.8 Å². The number of aryl methyl sites for hydroxylation is 1. The van der Waals surface area contributed by atoms with Gasteiger partial charge in [-0.2, -0.15) is 0 Å². The minimum absolute atomic E-state index is 0.0593. The number of carbonyl (C=O) groups is 1. The maximum absolute atomic E-state index is 12.2. The molecule has 3 rings (SSSR count). The van der Waals surface area contributed by atoms with E-state index in [9.17, 15) is 9.59 Å². The third-order valence-corrected chi connectivity index (χ3v) is 4.93. The summed E-state index contributed by atoms with van der Waals surface area (Å²) in [7, 11) is 1.61. The zero-order valence-electron chi connectivity index (χ0n) is 15.3. The summed E-state index contributed by atoms with van der Waals surface area (Å²) in [5, 5.41) is 2.88. The van der Waals surface area contributed by atoms with E-state index in [0.717, 1.165) is 16.9 Å². The molecule has 3 aromatic rings. The van der Waals surface area contributed by atoms with Gasteiger partial charge in [0, 0.05) is 24.6 Å². The van der Waals surface area contributed by atoms with Crippen molar-refractivity contribution >= 4 is 23.3 Å². The van der Waals surface area contributed by atoms with E-state index >= 15 is 0 Å². The third kappa shape index (κ3) is 5.10. The lowest BCUT2D eigenvalue weighted by molar-refractivity contribution is -0.118. The predicted molar refractivity (Wildman–Crippen MR) is 107 cm³/mol. The summed E-state index contributed by atoms with van der Waals surface area (Å²) in [6.45, 7) is 2.38. The Balaban J connectivity index is 1.52. The van der Waals surface area contributed by atoms with Crippen LogP contribution < -0.4 is 15.6 Å². The summed E-state index contributed by atoms with van der Waals surface area (Å²) >= 11 is 1.43. The lowest BCUT2D eigenvalue weighted by Gasteiger charge is -2.07. The molecule has 2 aromatic heterocycles. The fourth-order valence-corrected chi connectivity index (χ4v) is 3.36. The number of amides is 1. The third-order valence-electron chi connectivity index (χ3n) is 3.97. The number of nitrogens with one attached hydrogen (secondary N) is 1. The maximum Gasteiger partial charge on any atom is 0.258 e. The van der Waals surface area contributed by atoms with Gasteiger partial charge in [0.05, 0.1) is 18.6 Å². The first kappa shape index (κ1) is 19.0. The van der Waals surface area contributed by atoms with Gasteiger partial charge in [-0.25, -0.2) is 4.98 Å². The molecule has 140 valence electrons. The molecule has 1 aromatic carbocycles. The first-order chi connectivity index (χ1) is 13.0. The van der Waals surface area contributed by atoms with Crippen molar-refractivity contribution < 1.29 is 9.53 Å². The van der Waals surface area contributed by atoms with E-state index in [0.29, 0.717) is 29.4 Å². The fraction of sp³-hybridized carbons (Fsp3) is 0.250. The van der Waals surface area contributed by atoms with Crippen LogP contribution in [0.2, 0.25) is 0 Å². The molecule has 0 unspecified atom stereocenters. The van der Waals surface area contributed by atoms with Crippen LogP contribution in [0.4, 0.5) is 0 Å². The molecule has 2 heterocycles. The summed E-state index contributed by atoms with van der Waals surface area (Å²) in [5.74, 6) is 1.52. The van der Waals surface area contributed by atoms with Crippen molar-refractivity contribution in [1.82, 2.24) is 14.7 Å². The SMILES string of the molecule is COc1cccc(CNC(=O)CSCc2cc(=O)n3cc(C)ccc3n2)c1. The van der Waals surface area contributed by atoms with Crippen molar-refractivity contribution in [2.75, 3.05) is 12.9 Å². The molecule has 0 saturated heterocycles. The summed E-state index contributed by atoms with van der Waals surface area (Å²) in [6.07, 6.45) is 1.77. The Labute approximate surface area is 161 Å². The minimum Gasteiger partial charge on any atom is -0.497 e. The topological polar surface area (TPSA) is 72.7 Å². The number of fused-ring (bicyclic) bond motifs is 1. The second kappa shape index (κ2) is 8.73. The monoisotopic (exact) mass is 383 g/mol. The fourth-order valence-electron chi connectivity index (χ4n) is 2.61. The first-order valence-corrected chi connectivity index (χ1v) is 9.67. The molecule has 1 amide bonds. The summed E-state index contributed by atoms with van der Waals surface area (Å²) in [5.41, 5.74) is 3.16. The number of carbonyl (C=O) groups excluding carboxylic acids is 1. The Kier molecular flexibility index (Phi) is 6.13. The Morgan fingerprint density at radius 2 is 2.11 bits per heavy atom. The standard InChI is InChI=1S/C20H21N3O3S/c1-14-6-7-18-22-16(9-20(25)23(18)11-14)12-27-13-19(24)21-10-15-4-3-5-17(8-15)26-2/h3-9,11H,10,12-13H2,1-2H3,(H,21,24). The number of methoxy groups -OCH3 is 1. The molecule has 0 radical (unpaired) electrons. The van der Waals surface area contributed by atoms with Gasteiger partial charge in [-0.05, 0) is 36.2 Å². The molecule has 0 aliphatic heterocycles. The van der Waals surface area contributed by atoms with Gasteiger partial charge in [-0.15, -0.1) is 11.8 Å².